The molecule has 7 nitrogen and oxygen atoms in total. The molecule has 158 valence electrons. The van der Waals surface area contributed by atoms with Gasteiger partial charge in [-0.15, -0.1) is 0 Å². The molecule has 0 aliphatic carbocycles. The minimum absolute atomic E-state index is 0.0930. The average Bonchev–Trinajstić information content (AvgIpc) is 3.19. The lowest BCUT2D eigenvalue weighted by atomic mass is 10.2. The highest BCUT2D eigenvalue weighted by molar-refractivity contribution is 7.89. The van der Waals surface area contributed by atoms with Crippen LogP contribution in [-0.4, -0.2) is 62.8 Å². The van der Waals surface area contributed by atoms with E-state index in [1.54, 1.807) is 6.07 Å². The van der Waals surface area contributed by atoms with Crippen molar-refractivity contribution in [1.29, 1.82) is 0 Å². The maximum absolute atomic E-state index is 13.1. The van der Waals surface area contributed by atoms with Crippen molar-refractivity contribution in [3.63, 3.8) is 0 Å². The molecular weight excluding hydrogens is 409 g/mol. The monoisotopic (exact) mass is 431 g/mol. The SMILES string of the molecule is O=C(NCCN1CCN(S(=O)(=O)c2ccc(F)cc2)CC1)c1cc2ccccc2o1. The summed E-state index contributed by atoms with van der Waals surface area (Å²) in [6.45, 7) is 2.84. The number of para-hydroxylation sites is 1. The summed E-state index contributed by atoms with van der Waals surface area (Å²) in [5, 5.41) is 3.71. The van der Waals surface area contributed by atoms with Crippen molar-refractivity contribution in [1.82, 2.24) is 14.5 Å². The maximum Gasteiger partial charge on any atom is 0.287 e. The highest BCUT2D eigenvalue weighted by Crippen LogP contribution is 2.19. The third-order valence-electron chi connectivity index (χ3n) is 5.15. The molecule has 1 aromatic heterocycles. The van der Waals surface area contributed by atoms with Gasteiger partial charge in [-0.2, -0.15) is 4.31 Å². The number of amides is 1. The fourth-order valence-corrected chi connectivity index (χ4v) is 4.88. The topological polar surface area (TPSA) is 82.9 Å². The maximum atomic E-state index is 13.1. The van der Waals surface area contributed by atoms with Gasteiger partial charge < -0.3 is 9.73 Å². The zero-order valence-electron chi connectivity index (χ0n) is 16.3. The lowest BCUT2D eigenvalue weighted by molar-refractivity contribution is 0.0919. The van der Waals surface area contributed by atoms with Crippen LogP contribution in [0.4, 0.5) is 4.39 Å². The molecule has 2 heterocycles. The van der Waals surface area contributed by atoms with Crippen LogP contribution in [0.5, 0.6) is 0 Å². The van der Waals surface area contributed by atoms with Crippen LogP contribution in [0.3, 0.4) is 0 Å². The number of halogens is 1. The van der Waals surface area contributed by atoms with E-state index in [0.29, 0.717) is 44.9 Å². The molecule has 0 saturated carbocycles. The minimum atomic E-state index is -3.63. The first-order valence-corrected chi connectivity index (χ1v) is 11.1. The number of rotatable bonds is 6. The van der Waals surface area contributed by atoms with E-state index in [9.17, 15) is 17.6 Å². The molecule has 2 aromatic carbocycles. The second kappa shape index (κ2) is 8.55. The largest absolute Gasteiger partial charge is 0.451 e. The van der Waals surface area contributed by atoms with E-state index in [1.165, 1.54) is 16.4 Å². The van der Waals surface area contributed by atoms with E-state index in [0.717, 1.165) is 17.5 Å². The first-order valence-electron chi connectivity index (χ1n) is 9.68. The molecule has 3 aromatic rings. The van der Waals surface area contributed by atoms with E-state index in [4.69, 9.17) is 4.42 Å². The van der Waals surface area contributed by atoms with E-state index in [-0.39, 0.29) is 16.6 Å². The minimum Gasteiger partial charge on any atom is -0.451 e. The Labute approximate surface area is 174 Å². The summed E-state index contributed by atoms with van der Waals surface area (Å²) in [5.41, 5.74) is 0.668. The molecule has 0 radical (unpaired) electrons. The van der Waals surface area contributed by atoms with Crippen molar-refractivity contribution < 1.29 is 22.0 Å². The number of piperazine rings is 1. The van der Waals surface area contributed by atoms with Crippen molar-refractivity contribution >= 4 is 26.9 Å². The number of carbonyl (C=O) groups is 1. The van der Waals surface area contributed by atoms with Crippen molar-refractivity contribution in [3.8, 4) is 0 Å². The van der Waals surface area contributed by atoms with Gasteiger partial charge in [-0.1, -0.05) is 18.2 Å². The lowest BCUT2D eigenvalue weighted by Gasteiger charge is -2.33. The molecule has 1 aliphatic rings. The molecule has 0 bridgehead atoms. The van der Waals surface area contributed by atoms with Gasteiger partial charge in [0.2, 0.25) is 10.0 Å². The fourth-order valence-electron chi connectivity index (χ4n) is 3.46. The summed E-state index contributed by atoms with van der Waals surface area (Å²) >= 11 is 0. The van der Waals surface area contributed by atoms with Gasteiger partial charge in [0.1, 0.15) is 11.4 Å². The zero-order valence-corrected chi connectivity index (χ0v) is 17.1. The molecule has 0 unspecified atom stereocenters. The van der Waals surface area contributed by atoms with E-state index >= 15 is 0 Å². The van der Waals surface area contributed by atoms with Gasteiger partial charge >= 0.3 is 0 Å². The van der Waals surface area contributed by atoms with Crippen molar-refractivity contribution in [3.05, 3.63) is 66.2 Å². The molecule has 1 saturated heterocycles. The van der Waals surface area contributed by atoms with Gasteiger partial charge in [-0.05, 0) is 36.4 Å². The number of carbonyl (C=O) groups excluding carboxylic acids is 1. The van der Waals surface area contributed by atoms with Crippen LogP contribution in [0.1, 0.15) is 10.6 Å². The van der Waals surface area contributed by atoms with Crippen LogP contribution in [0.25, 0.3) is 11.0 Å². The van der Waals surface area contributed by atoms with Gasteiger partial charge in [-0.3, -0.25) is 9.69 Å². The Bertz CT molecular complexity index is 1100. The molecular formula is C21H22FN3O4S. The smallest absolute Gasteiger partial charge is 0.287 e. The standard InChI is InChI=1S/C21H22FN3O4S/c22-17-5-7-18(8-6-17)30(27,28)25-13-11-24(12-14-25)10-9-23-21(26)20-15-16-3-1-2-4-19(16)29-20/h1-8,15H,9-14H2,(H,23,26). The predicted molar refractivity (Wildman–Crippen MR) is 110 cm³/mol. The number of benzene rings is 2. The number of fused-ring (bicyclic) bond motifs is 1. The first kappa shape index (κ1) is 20.5. The number of hydrogen-bond acceptors (Lipinski definition) is 5. The first-order chi connectivity index (χ1) is 14.4. The predicted octanol–water partition coefficient (Wildman–Crippen LogP) is 2.31. The fraction of sp³-hybridized carbons (Fsp3) is 0.286. The summed E-state index contributed by atoms with van der Waals surface area (Å²) in [6.07, 6.45) is 0. The summed E-state index contributed by atoms with van der Waals surface area (Å²) in [7, 11) is -3.63. The molecule has 1 amide bonds. The molecule has 30 heavy (non-hydrogen) atoms. The molecule has 9 heteroatoms. The molecule has 0 atom stereocenters. The number of nitrogens with zero attached hydrogens (tertiary/aromatic N) is 2. The lowest BCUT2D eigenvalue weighted by Crippen LogP contribution is -2.50. The second-order valence-corrected chi connectivity index (χ2v) is 9.04. The zero-order chi connectivity index (χ0) is 21.1. The van der Waals surface area contributed by atoms with E-state index in [1.807, 2.05) is 24.3 Å². The number of sulfonamides is 1. The van der Waals surface area contributed by atoms with E-state index in [2.05, 4.69) is 10.2 Å². The van der Waals surface area contributed by atoms with Gasteiger partial charge in [0.15, 0.2) is 5.76 Å². The molecule has 1 fully saturated rings. The highest BCUT2D eigenvalue weighted by Gasteiger charge is 2.28. The van der Waals surface area contributed by atoms with Gasteiger partial charge in [0.05, 0.1) is 4.90 Å². The summed E-state index contributed by atoms with van der Waals surface area (Å²) in [6, 6.07) is 14.0. The van der Waals surface area contributed by atoms with Crippen LogP contribution >= 0.6 is 0 Å². The Kier molecular flexibility index (Phi) is 5.85. The average molecular weight is 431 g/mol. The third-order valence-corrected chi connectivity index (χ3v) is 7.06. The van der Waals surface area contributed by atoms with Gasteiger partial charge in [-0.25, -0.2) is 12.8 Å². The van der Waals surface area contributed by atoms with Crippen LogP contribution in [0.15, 0.2) is 63.9 Å². The Balaban J connectivity index is 1.26. The van der Waals surface area contributed by atoms with Crippen LogP contribution in [0.2, 0.25) is 0 Å². The quantitative estimate of drug-likeness (QED) is 0.648. The second-order valence-electron chi connectivity index (χ2n) is 7.10. The third kappa shape index (κ3) is 4.38. The Hall–Kier alpha value is -2.75. The Morgan fingerprint density at radius 2 is 1.73 bits per heavy atom. The van der Waals surface area contributed by atoms with Crippen molar-refractivity contribution in [2.45, 2.75) is 4.90 Å². The van der Waals surface area contributed by atoms with Crippen LogP contribution in [-0.2, 0) is 10.0 Å². The molecule has 1 aliphatic heterocycles. The highest BCUT2D eigenvalue weighted by atomic mass is 32.2. The van der Waals surface area contributed by atoms with Crippen molar-refractivity contribution in [2.24, 2.45) is 0 Å². The number of hydrogen-bond donors (Lipinski definition) is 1. The van der Waals surface area contributed by atoms with Gasteiger partial charge in [0, 0.05) is 44.7 Å². The van der Waals surface area contributed by atoms with Crippen LogP contribution < -0.4 is 5.32 Å². The summed E-state index contributed by atoms with van der Waals surface area (Å²) in [5.74, 6) is -0.474. The summed E-state index contributed by atoms with van der Waals surface area (Å²) < 4.78 is 45.3. The van der Waals surface area contributed by atoms with Crippen molar-refractivity contribution in [2.75, 3.05) is 39.3 Å². The number of nitrogens with one attached hydrogen (secondary N) is 1. The molecule has 4 rings (SSSR count). The number of furan rings is 1. The summed E-state index contributed by atoms with van der Waals surface area (Å²) in [4.78, 5) is 14.5. The molecule has 1 N–H and O–H groups in total. The van der Waals surface area contributed by atoms with E-state index < -0.39 is 15.8 Å². The molecule has 0 spiro atoms. The van der Waals surface area contributed by atoms with Gasteiger partial charge in [0.25, 0.3) is 5.91 Å². The van der Waals surface area contributed by atoms with Crippen LogP contribution in [0, 0.1) is 5.82 Å². The normalized spacial score (nSPS) is 16.0. The Morgan fingerprint density at radius 1 is 1.03 bits per heavy atom. The Morgan fingerprint density at radius 3 is 2.43 bits per heavy atom.